The van der Waals surface area contributed by atoms with E-state index in [2.05, 4.69) is 156 Å². The van der Waals surface area contributed by atoms with E-state index >= 15 is 24.0 Å². The lowest BCUT2D eigenvalue weighted by Gasteiger charge is -2.45. The number of aromatic hydroxyl groups is 1. The summed E-state index contributed by atoms with van der Waals surface area (Å²) in [6, 6.07) is 27.4. The van der Waals surface area contributed by atoms with Crippen molar-refractivity contribution < 1.29 is 58.2 Å². The van der Waals surface area contributed by atoms with Crippen molar-refractivity contribution in [1.82, 2.24) is 93.5 Å². The largest absolute Gasteiger partial charge is 0.508 e. The normalized spacial score (nSPS) is 24.2. The van der Waals surface area contributed by atoms with Gasteiger partial charge in [-0.25, -0.2) is 0 Å². The maximum atomic E-state index is 15.7. The summed E-state index contributed by atoms with van der Waals surface area (Å²) in [6.07, 6.45) is 13.8. The maximum absolute atomic E-state index is 15.7. The second kappa shape index (κ2) is 48.7. The Bertz CT molecular complexity index is 5590. The highest BCUT2D eigenvalue weighted by atomic mass is 32.2. The number of hydrogen-bond donors (Lipinski definition) is 20. The lowest BCUT2D eigenvalue weighted by atomic mass is 9.73. The molecule has 7 heterocycles. The zero-order chi connectivity index (χ0) is 95.7. The molecule has 16 atom stereocenters. The Hall–Kier alpha value is -11.9. The van der Waals surface area contributed by atoms with Gasteiger partial charge in [-0.05, 0) is 234 Å². The van der Waals surface area contributed by atoms with Crippen molar-refractivity contribution >= 4 is 121 Å². The minimum Gasteiger partial charge on any atom is -0.508 e. The number of nitrogens with one attached hydrogen (secondary N) is 16. The van der Waals surface area contributed by atoms with Crippen LogP contribution in [0.4, 0.5) is 0 Å². The first-order valence-electron chi connectivity index (χ1n) is 48.0. The third kappa shape index (κ3) is 27.1. The number of benzene rings is 5. The number of unbranched alkanes of at least 4 members (excludes halogenated alkanes) is 2. The third-order valence-electron chi connectivity index (χ3n) is 27.4. The number of aromatic amines is 3. The second-order valence-corrected chi connectivity index (χ2v) is 39.5. The van der Waals surface area contributed by atoms with E-state index in [0.29, 0.717) is 108 Å². The van der Waals surface area contributed by atoms with Crippen LogP contribution in [0.25, 0.3) is 32.7 Å². The summed E-state index contributed by atoms with van der Waals surface area (Å²) in [4.78, 5) is 170. The third-order valence-corrected chi connectivity index (χ3v) is 29.7. The average Bonchev–Trinajstić information content (AvgIpc) is 1.62. The molecule has 3 saturated heterocycles. The first-order valence-corrected chi connectivity index (χ1v) is 50.3. The fourth-order valence-corrected chi connectivity index (χ4v) is 22.3. The van der Waals surface area contributed by atoms with Crippen LogP contribution in [-0.4, -0.2) is 260 Å². The molecule has 10 amide bonds. The van der Waals surface area contributed by atoms with Crippen molar-refractivity contribution in [3.8, 4) is 5.75 Å². The van der Waals surface area contributed by atoms with Gasteiger partial charge >= 0.3 is 0 Å². The molecule has 3 aliphatic heterocycles. The van der Waals surface area contributed by atoms with Gasteiger partial charge in [0.2, 0.25) is 59.1 Å². The fraction of sp³-hybridized carbons (Fsp3) is 0.485. The number of phenolic OH excluding ortho intramolecular Hbond substituents is 1. The molecule has 0 saturated carbocycles. The summed E-state index contributed by atoms with van der Waals surface area (Å²) in [7, 11) is 4.42. The van der Waals surface area contributed by atoms with E-state index in [1.54, 1.807) is 84.3 Å². The van der Waals surface area contributed by atoms with E-state index in [4.69, 9.17) is 16.9 Å². The van der Waals surface area contributed by atoms with Crippen molar-refractivity contribution in [3.63, 3.8) is 0 Å². The number of likely N-dealkylation sites (tertiary alicyclic amines) is 2. The summed E-state index contributed by atoms with van der Waals surface area (Å²) in [5, 5.41) is 69.0. The number of guanidine groups is 1. The van der Waals surface area contributed by atoms with E-state index in [9.17, 15) is 34.2 Å². The van der Waals surface area contributed by atoms with Crippen molar-refractivity contribution in [2.75, 3.05) is 82.9 Å². The molecule has 14 rings (SSSR count). The summed E-state index contributed by atoms with van der Waals surface area (Å²) >= 11 is 3.24. The van der Waals surface area contributed by atoms with Crippen molar-refractivity contribution in [2.24, 2.45) is 23.3 Å². The SMILES string of the molecule is C[C@@H](O)[C@@H]1NC(=O)[C@H](CCCCN)NC(=O)[C@@H](Cc2c[nH]c3ccccc23)NC(=O)[C@H](Cc2ccncc2)NC(=O)[C@H](Cc2ccccc2)NC(=O)[C@H](CCCNC(=N)N)NC(=O)[C@H](NC[C@H](CCCCNC(=O)CSC[C@@H]2C[C@@H]3c4cccc5[nH]cc(c45)C[C@H]3N(C)C2)NC(=O)CSC[C@@H]2C[C@@H]3c4cccc5[nH]cc(c45)C[C@H]3N(C)C2)CCCCNC(=O)[C@H](Cc2ccc(O)cc2)NC1=O. The van der Waals surface area contributed by atoms with Gasteiger partial charge in [-0.15, -0.1) is 0 Å². The van der Waals surface area contributed by atoms with Crippen LogP contribution < -0.4 is 75.3 Å². The van der Waals surface area contributed by atoms with Gasteiger partial charge in [0, 0.05) is 159 Å². The maximum Gasteiger partial charge on any atom is 0.245 e. The lowest BCUT2D eigenvalue weighted by Crippen LogP contribution is -2.62. The zero-order valence-electron chi connectivity index (χ0n) is 77.8. The van der Waals surface area contributed by atoms with E-state index in [1.165, 1.54) is 70.0 Å². The van der Waals surface area contributed by atoms with Crippen LogP contribution >= 0.6 is 23.5 Å². The van der Waals surface area contributed by atoms with Crippen LogP contribution in [-0.2, 0) is 86.5 Å². The first kappa shape index (κ1) is 100. The zero-order valence-corrected chi connectivity index (χ0v) is 79.4. The van der Waals surface area contributed by atoms with Crippen LogP contribution in [0.2, 0.25) is 0 Å². The number of thioether (sulfide) groups is 2. The Morgan fingerprint density at radius 1 is 0.537 bits per heavy atom. The van der Waals surface area contributed by atoms with E-state index < -0.39 is 108 Å². The Morgan fingerprint density at radius 2 is 1.05 bits per heavy atom. The number of aliphatic hydroxyl groups is 1. The van der Waals surface area contributed by atoms with E-state index in [0.717, 1.165) is 61.3 Å². The Labute approximate surface area is 801 Å². The number of para-hydroxylation sites is 1. The molecule has 35 heteroatoms. The van der Waals surface area contributed by atoms with Gasteiger partial charge in [0.05, 0.1) is 23.7 Å². The molecule has 726 valence electrons. The molecule has 0 spiro atoms. The van der Waals surface area contributed by atoms with Crippen LogP contribution in [0.15, 0.2) is 158 Å². The van der Waals surface area contributed by atoms with Gasteiger partial charge in [0.15, 0.2) is 5.96 Å². The molecule has 5 aliphatic rings. The number of phenols is 1. The molecule has 0 radical (unpaired) electrons. The number of likely N-dealkylation sites (N-methyl/N-ethyl adjacent to an activating group) is 2. The predicted molar refractivity (Wildman–Crippen MR) is 530 cm³/mol. The smallest absolute Gasteiger partial charge is 0.245 e. The number of nitrogens with two attached hydrogens (primary N) is 2. The lowest BCUT2D eigenvalue weighted by molar-refractivity contribution is -0.136. The van der Waals surface area contributed by atoms with Gasteiger partial charge in [0.25, 0.3) is 0 Å². The van der Waals surface area contributed by atoms with Crippen molar-refractivity contribution in [2.45, 2.75) is 213 Å². The van der Waals surface area contributed by atoms with E-state index in [-0.39, 0.29) is 120 Å². The highest BCUT2D eigenvalue weighted by molar-refractivity contribution is 8.00. The Balaban J connectivity index is 0.733. The van der Waals surface area contributed by atoms with Crippen LogP contribution in [0, 0.1) is 17.2 Å². The molecule has 5 aromatic carbocycles. The molecule has 3 fully saturated rings. The number of carbonyl (C=O) groups excluding carboxylic acids is 10. The molecule has 136 heavy (non-hydrogen) atoms. The van der Waals surface area contributed by atoms with Crippen molar-refractivity contribution in [3.05, 3.63) is 203 Å². The molecule has 33 nitrogen and oxygen atoms in total. The topological polar surface area (TPSA) is 498 Å². The number of fused-ring (bicyclic) bond motifs is 5. The van der Waals surface area contributed by atoms with Gasteiger partial charge in [0.1, 0.15) is 48.0 Å². The van der Waals surface area contributed by atoms with Crippen LogP contribution in [0.3, 0.4) is 0 Å². The molecule has 2 aliphatic carbocycles. The number of rotatable bonds is 34. The molecule has 4 aromatic heterocycles. The summed E-state index contributed by atoms with van der Waals surface area (Å²) < 4.78 is 0. The van der Waals surface area contributed by atoms with Crippen molar-refractivity contribution in [1.29, 1.82) is 5.41 Å². The van der Waals surface area contributed by atoms with Gasteiger partial charge in [-0.3, -0.25) is 58.3 Å². The number of nitrogens with zero attached hydrogens (tertiary/aromatic N) is 3. The highest BCUT2D eigenvalue weighted by Gasteiger charge is 2.43. The minimum atomic E-state index is -1.72. The number of hydrogen-bond acceptors (Lipinski definition) is 20. The number of H-pyrrole nitrogens is 3. The number of aromatic nitrogens is 4. The number of pyridine rings is 1. The predicted octanol–water partition coefficient (Wildman–Crippen LogP) is 5.48. The molecular formula is C101H133N21O12S2. The second-order valence-electron chi connectivity index (χ2n) is 37.4. The summed E-state index contributed by atoms with van der Waals surface area (Å²) in [5.74, 6) is -3.59. The molecular weight excluding hydrogens is 1760 g/mol. The number of aliphatic hydroxyl groups excluding tert-OH is 1. The highest BCUT2D eigenvalue weighted by Crippen LogP contribution is 2.47. The van der Waals surface area contributed by atoms with Gasteiger partial charge < -0.3 is 110 Å². The molecule has 22 N–H and O–H groups in total. The van der Waals surface area contributed by atoms with Crippen LogP contribution in [0.1, 0.15) is 147 Å². The summed E-state index contributed by atoms with van der Waals surface area (Å²) in [6.45, 7) is 3.89. The molecule has 9 aromatic rings. The first-order chi connectivity index (χ1) is 65.9. The Morgan fingerprint density at radius 3 is 1.66 bits per heavy atom. The summed E-state index contributed by atoms with van der Waals surface area (Å²) in [5.41, 5.74) is 22.6. The number of piperidine rings is 2. The Kier molecular flexibility index (Phi) is 35.9. The van der Waals surface area contributed by atoms with E-state index in [1.807, 2.05) is 24.3 Å². The number of carbonyl (C=O) groups is 10. The quantitative estimate of drug-likeness (QED) is 0.0135. The average molecular weight is 1900 g/mol. The van der Waals surface area contributed by atoms with Gasteiger partial charge in [-0.1, -0.05) is 84.9 Å². The van der Waals surface area contributed by atoms with Gasteiger partial charge in [-0.2, -0.15) is 23.5 Å². The number of amides is 10. The molecule has 0 unspecified atom stereocenters. The van der Waals surface area contributed by atoms with Crippen LogP contribution in [0.5, 0.6) is 5.75 Å². The standard InChI is InChI=1S/C101H133N21O12S2/c1-60(123)92-100(134)119-82(45-62-30-32-70(124)33-31-62)93(127)107-38-14-11-25-79(112-53-69(113-89(126)59-136-57-65-43-75-73-23-16-28-78-91(73)68(52-111-78)49-87(75)122(3)55-65)20-10-13-37-106-88(125)58-135-56-64-42-74-72-22-15-27-77-90(72)67(51-110-77)48-86(74)121(2)54-64)94(128)114-81(29-17-39-108-101(103)104)95(129)116-83(44-61-18-5-4-6-19-61)97(131)117-84(46-63-34-40-105-41-35-63)98(132)118-85(47-66-50-109-76-24-8-7-21-71(66)76)99(133)115-80(96(130)120-92)26-9-12-36-102/h4-8,15-16,18-19,21-24,27-28,30-35,40-41,50-52,60,64-65,69,74-75,79-87,92,109-112,123-124H,9-14,17,20,25-26,29,36-39,42-49,53-59,102H2,1-3H3,(H,106,125)(H,107,127)(H,113,126)(H,114,128)(H,115,133)(H,116,129)(H,117,131)(H,118,132)(H,119,134)(H,120,130)(H4,103,104,108)/t60-,64-,65-,69+,74-,75-,79-,80+,81+,82+,83+,84+,85-,86-,87-,92+/m1/s1. The minimum absolute atomic E-state index is 0.0000757. The monoisotopic (exact) mass is 1900 g/mol. The fourth-order valence-electron chi connectivity index (χ4n) is 20.4. The molecule has 0 bridgehead atoms.